The molecule has 0 fully saturated rings. The number of benzene rings is 2. The maximum Gasteiger partial charge on any atom is 0.344 e. The van der Waals surface area contributed by atoms with E-state index in [1.165, 1.54) is 18.2 Å². The lowest BCUT2D eigenvalue weighted by molar-refractivity contribution is -0.385. The van der Waals surface area contributed by atoms with Crippen LogP contribution in [0.1, 0.15) is 0 Å². The quantitative estimate of drug-likeness (QED) is 0.473. The van der Waals surface area contributed by atoms with Gasteiger partial charge in [-0.25, -0.2) is 4.79 Å². The summed E-state index contributed by atoms with van der Waals surface area (Å²) in [6.07, 6.45) is 0. The summed E-state index contributed by atoms with van der Waals surface area (Å²) in [5.74, 6) is -1.36. The molecule has 2 aromatic carbocycles. The van der Waals surface area contributed by atoms with E-state index in [4.69, 9.17) is 9.47 Å². The Morgan fingerprint density at radius 3 is 2.38 bits per heavy atom. The van der Waals surface area contributed by atoms with Crippen LogP contribution in [0.2, 0.25) is 0 Å². The van der Waals surface area contributed by atoms with E-state index in [9.17, 15) is 19.7 Å². The van der Waals surface area contributed by atoms with Crippen molar-refractivity contribution in [1.29, 1.82) is 0 Å². The Hall–Kier alpha value is -3.42. The van der Waals surface area contributed by atoms with Crippen molar-refractivity contribution in [3.8, 4) is 5.75 Å². The Bertz CT molecular complexity index is 732. The molecule has 124 valence electrons. The number of nitrogens with one attached hydrogen (secondary N) is 1. The number of esters is 1. The van der Waals surface area contributed by atoms with Crippen molar-refractivity contribution < 1.29 is 24.0 Å². The van der Waals surface area contributed by atoms with Crippen molar-refractivity contribution in [3.05, 3.63) is 64.7 Å². The van der Waals surface area contributed by atoms with Crippen molar-refractivity contribution in [3.63, 3.8) is 0 Å². The first-order valence-corrected chi connectivity index (χ1v) is 6.93. The number of carbonyl (C=O) groups is 2. The van der Waals surface area contributed by atoms with Crippen LogP contribution in [0.5, 0.6) is 5.75 Å². The van der Waals surface area contributed by atoms with E-state index >= 15 is 0 Å². The SMILES string of the molecule is O=C(COC(=O)COc1ccccc1[N+](=O)[O-])Nc1ccccc1. The van der Waals surface area contributed by atoms with Crippen LogP contribution >= 0.6 is 0 Å². The monoisotopic (exact) mass is 330 g/mol. The van der Waals surface area contributed by atoms with E-state index in [0.29, 0.717) is 5.69 Å². The molecular formula is C16H14N2O6. The maximum atomic E-state index is 11.6. The molecule has 0 aliphatic rings. The fourth-order valence-electron chi connectivity index (χ4n) is 1.77. The third kappa shape index (κ3) is 5.09. The molecule has 24 heavy (non-hydrogen) atoms. The van der Waals surface area contributed by atoms with E-state index in [0.717, 1.165) is 0 Å². The Kier molecular flexibility index (Phi) is 5.84. The Morgan fingerprint density at radius 2 is 1.67 bits per heavy atom. The molecule has 0 radical (unpaired) electrons. The van der Waals surface area contributed by atoms with Gasteiger partial charge in [-0.05, 0) is 18.2 Å². The van der Waals surface area contributed by atoms with Crippen molar-refractivity contribution in [1.82, 2.24) is 0 Å². The summed E-state index contributed by atoms with van der Waals surface area (Å²) in [4.78, 5) is 33.4. The zero-order valence-corrected chi connectivity index (χ0v) is 12.5. The van der Waals surface area contributed by atoms with E-state index in [1.807, 2.05) is 0 Å². The molecule has 0 saturated carbocycles. The third-order valence-electron chi connectivity index (χ3n) is 2.83. The second-order valence-electron chi connectivity index (χ2n) is 4.59. The molecule has 8 heteroatoms. The van der Waals surface area contributed by atoms with Gasteiger partial charge in [0.2, 0.25) is 0 Å². The van der Waals surface area contributed by atoms with Crippen LogP contribution in [0, 0.1) is 10.1 Å². The Balaban J connectivity index is 1.78. The van der Waals surface area contributed by atoms with E-state index in [-0.39, 0.29) is 11.4 Å². The van der Waals surface area contributed by atoms with Crippen LogP contribution in [0.4, 0.5) is 11.4 Å². The zero-order chi connectivity index (χ0) is 17.4. The highest BCUT2D eigenvalue weighted by molar-refractivity contribution is 5.92. The number of nitro groups is 1. The van der Waals surface area contributed by atoms with E-state index < -0.39 is 30.0 Å². The first-order chi connectivity index (χ1) is 11.6. The van der Waals surface area contributed by atoms with Gasteiger partial charge in [-0.1, -0.05) is 30.3 Å². The number of anilines is 1. The van der Waals surface area contributed by atoms with Gasteiger partial charge in [0.15, 0.2) is 19.0 Å². The molecule has 1 amide bonds. The number of rotatable bonds is 7. The molecule has 1 N–H and O–H groups in total. The summed E-state index contributed by atoms with van der Waals surface area (Å²) >= 11 is 0. The molecule has 0 aliphatic carbocycles. The number of amides is 1. The Morgan fingerprint density at radius 1 is 1.00 bits per heavy atom. The van der Waals surface area contributed by atoms with Gasteiger partial charge < -0.3 is 14.8 Å². The lowest BCUT2D eigenvalue weighted by Crippen LogP contribution is -2.23. The number of hydrogen-bond acceptors (Lipinski definition) is 6. The highest BCUT2D eigenvalue weighted by Crippen LogP contribution is 2.25. The van der Waals surface area contributed by atoms with Crippen LogP contribution in [-0.4, -0.2) is 30.0 Å². The molecule has 0 aliphatic heterocycles. The van der Waals surface area contributed by atoms with Crippen molar-refractivity contribution >= 4 is 23.3 Å². The molecule has 0 saturated heterocycles. The molecule has 0 bridgehead atoms. The summed E-state index contributed by atoms with van der Waals surface area (Å²) in [5.41, 5.74) is 0.321. The molecule has 2 rings (SSSR count). The highest BCUT2D eigenvalue weighted by Gasteiger charge is 2.15. The van der Waals surface area contributed by atoms with E-state index in [2.05, 4.69) is 5.32 Å². The van der Waals surface area contributed by atoms with Crippen LogP contribution in [-0.2, 0) is 14.3 Å². The smallest absolute Gasteiger partial charge is 0.344 e. The molecule has 0 heterocycles. The predicted octanol–water partition coefficient (Wildman–Crippen LogP) is 2.16. The average Bonchev–Trinajstić information content (AvgIpc) is 2.59. The molecule has 8 nitrogen and oxygen atoms in total. The number of hydrogen-bond donors (Lipinski definition) is 1. The lowest BCUT2D eigenvalue weighted by atomic mass is 10.3. The number of nitrogens with zero attached hydrogens (tertiary/aromatic N) is 1. The van der Waals surface area contributed by atoms with Crippen LogP contribution < -0.4 is 10.1 Å². The van der Waals surface area contributed by atoms with Gasteiger partial charge in [-0.15, -0.1) is 0 Å². The van der Waals surface area contributed by atoms with Gasteiger partial charge in [0, 0.05) is 11.8 Å². The Labute approximate surface area is 137 Å². The van der Waals surface area contributed by atoms with E-state index in [1.54, 1.807) is 36.4 Å². The minimum absolute atomic E-state index is 0.0480. The van der Waals surface area contributed by atoms with Crippen LogP contribution in [0.3, 0.4) is 0 Å². The highest BCUT2D eigenvalue weighted by atomic mass is 16.6. The van der Waals surface area contributed by atoms with Crippen LogP contribution in [0.15, 0.2) is 54.6 Å². The van der Waals surface area contributed by atoms with Crippen molar-refractivity contribution in [2.24, 2.45) is 0 Å². The minimum Gasteiger partial charge on any atom is -0.475 e. The van der Waals surface area contributed by atoms with Gasteiger partial charge in [0.05, 0.1) is 4.92 Å². The number of nitro benzene ring substituents is 1. The molecule has 2 aromatic rings. The number of ether oxygens (including phenoxy) is 2. The molecular weight excluding hydrogens is 316 g/mol. The van der Waals surface area contributed by atoms with Crippen molar-refractivity contribution in [2.45, 2.75) is 0 Å². The topological polar surface area (TPSA) is 108 Å². The average molecular weight is 330 g/mol. The summed E-state index contributed by atoms with van der Waals surface area (Å²) in [7, 11) is 0. The summed E-state index contributed by atoms with van der Waals surface area (Å²) in [5, 5.41) is 13.4. The van der Waals surface area contributed by atoms with Crippen molar-refractivity contribution in [2.75, 3.05) is 18.5 Å². The molecule has 0 unspecified atom stereocenters. The summed E-state index contributed by atoms with van der Waals surface area (Å²) in [6, 6.07) is 14.3. The normalized spacial score (nSPS) is 9.83. The standard InChI is InChI=1S/C16H14N2O6/c19-15(17-12-6-2-1-3-7-12)10-24-16(20)11-23-14-9-5-4-8-13(14)18(21)22/h1-9H,10-11H2,(H,17,19). The van der Waals surface area contributed by atoms with Gasteiger partial charge >= 0.3 is 11.7 Å². The molecule has 0 spiro atoms. The number of para-hydroxylation sites is 3. The summed E-state index contributed by atoms with van der Waals surface area (Å²) < 4.78 is 9.82. The second-order valence-corrected chi connectivity index (χ2v) is 4.59. The fourth-order valence-corrected chi connectivity index (χ4v) is 1.77. The third-order valence-corrected chi connectivity index (χ3v) is 2.83. The molecule has 0 aromatic heterocycles. The second kappa shape index (κ2) is 8.28. The van der Waals surface area contributed by atoms with Gasteiger partial charge in [-0.3, -0.25) is 14.9 Å². The fraction of sp³-hybridized carbons (Fsp3) is 0.125. The first-order valence-electron chi connectivity index (χ1n) is 6.93. The predicted molar refractivity (Wildman–Crippen MR) is 84.6 cm³/mol. The maximum absolute atomic E-state index is 11.6. The lowest BCUT2D eigenvalue weighted by Gasteiger charge is -2.08. The van der Waals surface area contributed by atoms with Gasteiger partial charge in [0.1, 0.15) is 0 Å². The van der Waals surface area contributed by atoms with Gasteiger partial charge in [-0.2, -0.15) is 0 Å². The largest absolute Gasteiger partial charge is 0.475 e. The minimum atomic E-state index is -0.809. The van der Waals surface area contributed by atoms with Crippen LogP contribution in [0.25, 0.3) is 0 Å². The number of carbonyl (C=O) groups excluding carboxylic acids is 2. The zero-order valence-electron chi connectivity index (χ0n) is 12.5. The van der Waals surface area contributed by atoms with Gasteiger partial charge in [0.25, 0.3) is 5.91 Å². The summed E-state index contributed by atoms with van der Waals surface area (Å²) in [6.45, 7) is -1.02. The molecule has 0 atom stereocenters. The first kappa shape index (κ1) is 16.9.